The Morgan fingerprint density at radius 1 is 1.27 bits per heavy atom. The van der Waals surface area contributed by atoms with Gasteiger partial charge in [0.15, 0.2) is 0 Å². The molecule has 0 unspecified atom stereocenters. The van der Waals surface area contributed by atoms with Crippen LogP contribution in [0.4, 0.5) is 0 Å². The van der Waals surface area contributed by atoms with Gasteiger partial charge in [0.1, 0.15) is 6.10 Å². The van der Waals surface area contributed by atoms with Crippen LogP contribution in [0.25, 0.3) is 0 Å². The van der Waals surface area contributed by atoms with E-state index in [0.717, 1.165) is 30.2 Å². The third kappa shape index (κ3) is 2.89. The molecule has 3 rings (SSSR count). The van der Waals surface area contributed by atoms with Gasteiger partial charge < -0.3 is 10.2 Å². The van der Waals surface area contributed by atoms with Gasteiger partial charge in [0.05, 0.1) is 11.7 Å². The molecule has 8 atom stereocenters. The van der Waals surface area contributed by atoms with Crippen LogP contribution in [0.3, 0.4) is 0 Å². The van der Waals surface area contributed by atoms with Gasteiger partial charge in [-0.2, -0.15) is 0 Å². The first-order chi connectivity index (χ1) is 12.0. The molecule has 0 aromatic heterocycles. The fraction of sp³-hybridized carbons (Fsp3) is 0.900. The highest BCUT2D eigenvalue weighted by Crippen LogP contribution is 2.66. The minimum atomic E-state index is -1.21. The maximum absolute atomic E-state index is 11.4. The standard InChI is InChI=1S/C20H32Br2O4/c1-11(2)13-7-12(26-25)8-14-17-18(3,5-6-20(13,14)10-21)15(22)9-16(23)19(17,4)24/h8,11-13,15-17,23-25H,5-7,9-10H2,1-4H3/t12-,13-,15-,16-,17-,18+,19+,20-/m0/s1. The average molecular weight is 496 g/mol. The monoisotopic (exact) mass is 494 g/mol. The molecule has 0 aliphatic heterocycles. The van der Waals surface area contributed by atoms with E-state index >= 15 is 0 Å². The number of aliphatic hydroxyl groups is 2. The van der Waals surface area contributed by atoms with E-state index in [9.17, 15) is 15.5 Å². The molecule has 150 valence electrons. The summed E-state index contributed by atoms with van der Waals surface area (Å²) in [5.74, 6) is 0.581. The number of halogens is 2. The lowest BCUT2D eigenvalue weighted by Gasteiger charge is -2.64. The Morgan fingerprint density at radius 3 is 2.46 bits per heavy atom. The Kier molecular flexibility index (Phi) is 5.80. The van der Waals surface area contributed by atoms with Crippen molar-refractivity contribution in [2.45, 2.75) is 76.0 Å². The topological polar surface area (TPSA) is 69.9 Å². The lowest BCUT2D eigenvalue weighted by molar-refractivity contribution is -0.275. The molecule has 0 heterocycles. The van der Waals surface area contributed by atoms with Gasteiger partial charge in [0.2, 0.25) is 0 Å². The molecule has 3 N–H and O–H groups in total. The van der Waals surface area contributed by atoms with Gasteiger partial charge in [0.25, 0.3) is 0 Å². The predicted molar refractivity (Wildman–Crippen MR) is 110 cm³/mol. The van der Waals surface area contributed by atoms with Crippen LogP contribution in [0.15, 0.2) is 11.6 Å². The van der Waals surface area contributed by atoms with Crippen LogP contribution < -0.4 is 0 Å². The van der Waals surface area contributed by atoms with Crippen molar-refractivity contribution in [1.82, 2.24) is 0 Å². The molecule has 0 radical (unpaired) electrons. The Hall–Kier alpha value is 0.540. The maximum atomic E-state index is 11.4. The molecule has 2 fully saturated rings. The Bertz CT molecular complexity index is 578. The van der Waals surface area contributed by atoms with Crippen LogP contribution in [-0.4, -0.2) is 43.4 Å². The summed E-state index contributed by atoms with van der Waals surface area (Å²) >= 11 is 7.62. The first-order valence-electron chi connectivity index (χ1n) is 9.67. The van der Waals surface area contributed by atoms with E-state index in [1.807, 2.05) is 6.08 Å². The molecule has 3 aliphatic rings. The molecule has 26 heavy (non-hydrogen) atoms. The van der Waals surface area contributed by atoms with Crippen molar-refractivity contribution in [1.29, 1.82) is 0 Å². The molecule has 3 aliphatic carbocycles. The second kappa shape index (κ2) is 7.10. The number of aliphatic hydroxyl groups excluding tert-OH is 1. The first kappa shape index (κ1) is 21.3. The fourth-order valence-corrected chi connectivity index (χ4v) is 8.14. The van der Waals surface area contributed by atoms with Crippen molar-refractivity contribution in [3.63, 3.8) is 0 Å². The predicted octanol–water partition coefficient (Wildman–Crippen LogP) is 4.52. The molecule has 2 saturated carbocycles. The smallest absolute Gasteiger partial charge is 0.111 e. The summed E-state index contributed by atoms with van der Waals surface area (Å²) in [4.78, 5) is 4.93. The molecule has 0 saturated heterocycles. The van der Waals surface area contributed by atoms with Crippen molar-refractivity contribution in [2.75, 3.05) is 5.33 Å². The zero-order valence-corrected chi connectivity index (χ0v) is 19.3. The SMILES string of the molecule is CC(C)[C@@H]1C[C@H](OO)C=C2[C@@H]3[C@](C)(O)[C@@H](O)C[C@H](Br)[C@@]3(C)CC[C@@]21CBr. The largest absolute Gasteiger partial charge is 0.390 e. The Morgan fingerprint density at radius 2 is 1.92 bits per heavy atom. The molecular formula is C20H32Br2O4. The van der Waals surface area contributed by atoms with Crippen molar-refractivity contribution in [2.24, 2.45) is 28.6 Å². The highest BCUT2D eigenvalue weighted by Gasteiger charge is 2.65. The number of hydrogen-bond acceptors (Lipinski definition) is 4. The molecule has 6 heteroatoms. The summed E-state index contributed by atoms with van der Waals surface area (Å²) in [5, 5.41) is 32.4. The normalized spacial score (nSPS) is 51.6. The summed E-state index contributed by atoms with van der Waals surface area (Å²) in [6.07, 6.45) is 4.23. The van der Waals surface area contributed by atoms with Gasteiger partial charge in [-0.1, -0.05) is 64.3 Å². The van der Waals surface area contributed by atoms with Gasteiger partial charge in [-0.05, 0) is 49.9 Å². The molecule has 0 spiro atoms. The summed E-state index contributed by atoms with van der Waals surface area (Å²) in [5.41, 5.74) is -0.294. The third-order valence-corrected chi connectivity index (χ3v) is 10.2. The number of fused-ring (bicyclic) bond motifs is 3. The van der Waals surface area contributed by atoms with Crippen LogP contribution >= 0.6 is 31.9 Å². The summed E-state index contributed by atoms with van der Waals surface area (Å²) in [6, 6.07) is 0. The summed E-state index contributed by atoms with van der Waals surface area (Å²) < 4.78 is 0. The maximum Gasteiger partial charge on any atom is 0.111 e. The first-order valence-corrected chi connectivity index (χ1v) is 11.7. The Balaban J connectivity index is 2.20. The van der Waals surface area contributed by atoms with Crippen molar-refractivity contribution >= 4 is 31.9 Å². The second-order valence-corrected chi connectivity index (χ2v) is 11.2. The van der Waals surface area contributed by atoms with Gasteiger partial charge in [0, 0.05) is 21.5 Å². The van der Waals surface area contributed by atoms with E-state index in [4.69, 9.17) is 4.89 Å². The quantitative estimate of drug-likeness (QED) is 0.233. The van der Waals surface area contributed by atoms with Crippen LogP contribution in [0.5, 0.6) is 0 Å². The van der Waals surface area contributed by atoms with Crippen LogP contribution in [-0.2, 0) is 4.89 Å². The van der Waals surface area contributed by atoms with Crippen LogP contribution in [0.2, 0.25) is 0 Å². The molecule has 0 amide bonds. The zero-order valence-electron chi connectivity index (χ0n) is 16.1. The van der Waals surface area contributed by atoms with Crippen LogP contribution in [0.1, 0.15) is 53.4 Å². The summed E-state index contributed by atoms with van der Waals surface area (Å²) in [7, 11) is 0. The minimum absolute atomic E-state index is 0.0822. The van der Waals surface area contributed by atoms with E-state index in [1.54, 1.807) is 6.92 Å². The highest BCUT2D eigenvalue weighted by atomic mass is 79.9. The molecule has 0 aromatic carbocycles. The molecular weight excluding hydrogens is 464 g/mol. The summed E-state index contributed by atoms with van der Waals surface area (Å²) in [6.45, 7) is 8.45. The van der Waals surface area contributed by atoms with Crippen molar-refractivity contribution < 1.29 is 20.4 Å². The second-order valence-electron chi connectivity index (χ2n) is 9.53. The van der Waals surface area contributed by atoms with Gasteiger partial charge in [-0.15, -0.1) is 0 Å². The zero-order chi connectivity index (χ0) is 19.5. The molecule has 0 aromatic rings. The van der Waals surface area contributed by atoms with Gasteiger partial charge in [-0.3, -0.25) is 5.26 Å². The lowest BCUT2D eigenvalue weighted by atomic mass is 9.43. The number of hydrogen-bond donors (Lipinski definition) is 3. The number of alkyl halides is 2. The third-order valence-electron chi connectivity index (χ3n) is 7.80. The molecule has 0 bridgehead atoms. The minimum Gasteiger partial charge on any atom is -0.390 e. The highest BCUT2D eigenvalue weighted by molar-refractivity contribution is 9.09. The van der Waals surface area contributed by atoms with E-state index < -0.39 is 11.7 Å². The Labute approximate surface area is 173 Å². The van der Waals surface area contributed by atoms with E-state index in [2.05, 4.69) is 52.6 Å². The van der Waals surface area contributed by atoms with Crippen molar-refractivity contribution in [3.05, 3.63) is 11.6 Å². The van der Waals surface area contributed by atoms with E-state index in [0.29, 0.717) is 18.3 Å². The van der Waals surface area contributed by atoms with Crippen LogP contribution in [0, 0.1) is 28.6 Å². The fourth-order valence-electron chi connectivity index (χ4n) is 6.27. The van der Waals surface area contributed by atoms with E-state index in [1.165, 1.54) is 0 Å². The van der Waals surface area contributed by atoms with Crippen molar-refractivity contribution in [3.8, 4) is 0 Å². The number of rotatable bonds is 3. The molecule has 4 nitrogen and oxygen atoms in total. The van der Waals surface area contributed by atoms with Gasteiger partial charge >= 0.3 is 0 Å². The van der Waals surface area contributed by atoms with E-state index in [-0.39, 0.29) is 27.7 Å². The average Bonchev–Trinajstić information content (AvgIpc) is 2.58. The van der Waals surface area contributed by atoms with Gasteiger partial charge in [-0.25, -0.2) is 4.89 Å². The lowest BCUT2D eigenvalue weighted by Crippen LogP contribution is -2.66.